The number of rotatable bonds is 9. The third-order valence-electron chi connectivity index (χ3n) is 3.33. The third kappa shape index (κ3) is 6.55. The van der Waals surface area contributed by atoms with E-state index in [1.54, 1.807) is 24.3 Å². The minimum atomic E-state index is -0.997. The molecule has 0 spiro atoms. The van der Waals surface area contributed by atoms with Gasteiger partial charge < -0.3 is 15.3 Å². The fourth-order valence-corrected chi connectivity index (χ4v) is 2.19. The van der Waals surface area contributed by atoms with Crippen LogP contribution in [0, 0.1) is 0 Å². The number of halogens is 1. The number of amides is 2. The van der Waals surface area contributed by atoms with Crippen molar-refractivity contribution in [2.75, 3.05) is 25.5 Å². The summed E-state index contributed by atoms with van der Waals surface area (Å²) in [6.07, 6.45) is 1.12. The molecule has 24 heavy (non-hydrogen) atoms. The summed E-state index contributed by atoms with van der Waals surface area (Å²) in [5.41, 5.74) is 0.469. The second kappa shape index (κ2) is 9.89. The average molecular weight is 356 g/mol. The van der Waals surface area contributed by atoms with Crippen LogP contribution in [0.25, 0.3) is 0 Å². The van der Waals surface area contributed by atoms with Gasteiger partial charge in [0.2, 0.25) is 11.8 Å². The van der Waals surface area contributed by atoms with E-state index in [0.717, 1.165) is 0 Å². The Bertz CT molecular complexity index is 594. The standard InChI is InChI=1S/C16H22ClN3O4/c1-3-6-13(16(23)24)18-9-15(22)20(2)10-14(21)19-12-8-5-4-7-11(12)17/h4-5,7-8,13,18H,3,6,9-10H2,1-2H3,(H,19,21)(H,23,24). The normalized spacial score (nSPS) is 11.6. The van der Waals surface area contributed by atoms with Gasteiger partial charge in [-0.3, -0.25) is 19.7 Å². The molecule has 8 heteroatoms. The molecule has 0 heterocycles. The van der Waals surface area contributed by atoms with Gasteiger partial charge in [-0.1, -0.05) is 37.1 Å². The number of anilines is 1. The van der Waals surface area contributed by atoms with Crippen LogP contribution < -0.4 is 10.6 Å². The van der Waals surface area contributed by atoms with E-state index < -0.39 is 12.0 Å². The summed E-state index contributed by atoms with van der Waals surface area (Å²) in [4.78, 5) is 36.2. The number of hydrogen-bond donors (Lipinski definition) is 3. The van der Waals surface area contributed by atoms with Crippen molar-refractivity contribution in [3.8, 4) is 0 Å². The molecule has 1 atom stereocenters. The van der Waals surface area contributed by atoms with Crippen molar-refractivity contribution in [3.63, 3.8) is 0 Å². The molecule has 2 amide bonds. The molecule has 0 aliphatic carbocycles. The molecule has 0 saturated carbocycles. The monoisotopic (exact) mass is 355 g/mol. The van der Waals surface area contributed by atoms with Gasteiger partial charge in [0.25, 0.3) is 0 Å². The van der Waals surface area contributed by atoms with E-state index in [-0.39, 0.29) is 24.9 Å². The summed E-state index contributed by atoms with van der Waals surface area (Å²) in [5, 5.41) is 14.7. The predicted octanol–water partition coefficient (Wildman–Crippen LogP) is 1.58. The number of para-hydroxylation sites is 1. The van der Waals surface area contributed by atoms with Gasteiger partial charge in [0.15, 0.2) is 0 Å². The zero-order valence-corrected chi connectivity index (χ0v) is 14.5. The number of benzene rings is 1. The Balaban J connectivity index is 2.47. The van der Waals surface area contributed by atoms with Crippen molar-refractivity contribution >= 4 is 35.1 Å². The van der Waals surface area contributed by atoms with E-state index in [0.29, 0.717) is 23.6 Å². The summed E-state index contributed by atoms with van der Waals surface area (Å²) < 4.78 is 0. The molecule has 132 valence electrons. The van der Waals surface area contributed by atoms with Crippen LogP contribution in [0.2, 0.25) is 5.02 Å². The number of nitrogens with zero attached hydrogens (tertiary/aromatic N) is 1. The van der Waals surface area contributed by atoms with Crippen molar-refractivity contribution in [3.05, 3.63) is 29.3 Å². The molecule has 0 aliphatic rings. The first-order valence-corrected chi connectivity index (χ1v) is 7.97. The summed E-state index contributed by atoms with van der Waals surface area (Å²) in [7, 11) is 1.48. The smallest absolute Gasteiger partial charge is 0.320 e. The highest BCUT2D eigenvalue weighted by molar-refractivity contribution is 6.33. The highest BCUT2D eigenvalue weighted by Gasteiger charge is 2.19. The molecule has 0 bridgehead atoms. The third-order valence-corrected chi connectivity index (χ3v) is 3.66. The first kappa shape index (κ1) is 19.9. The van der Waals surface area contributed by atoms with Gasteiger partial charge in [-0.25, -0.2) is 0 Å². The summed E-state index contributed by atoms with van der Waals surface area (Å²) in [5.74, 6) is -1.75. The minimum absolute atomic E-state index is 0.146. The second-order valence-electron chi connectivity index (χ2n) is 5.34. The highest BCUT2D eigenvalue weighted by atomic mass is 35.5. The largest absolute Gasteiger partial charge is 0.480 e. The molecule has 0 saturated heterocycles. The SMILES string of the molecule is CCCC(NCC(=O)N(C)CC(=O)Nc1ccccc1Cl)C(=O)O. The molecule has 7 nitrogen and oxygen atoms in total. The Morgan fingerprint density at radius 3 is 2.54 bits per heavy atom. The lowest BCUT2D eigenvalue weighted by Crippen LogP contribution is -2.45. The van der Waals surface area contributed by atoms with Crippen molar-refractivity contribution in [1.82, 2.24) is 10.2 Å². The number of hydrogen-bond acceptors (Lipinski definition) is 4. The Hall–Kier alpha value is -2.12. The van der Waals surface area contributed by atoms with Gasteiger partial charge in [0, 0.05) is 7.05 Å². The van der Waals surface area contributed by atoms with Crippen LogP contribution in [0.4, 0.5) is 5.69 Å². The summed E-state index contributed by atoms with van der Waals surface area (Å²) in [6, 6.07) is 6.01. The molecule has 1 aromatic carbocycles. The first-order chi connectivity index (χ1) is 11.3. The molecule has 0 fully saturated rings. The zero-order valence-electron chi connectivity index (χ0n) is 13.7. The van der Waals surface area contributed by atoms with Crippen LogP contribution in [0.3, 0.4) is 0 Å². The number of nitrogens with one attached hydrogen (secondary N) is 2. The lowest BCUT2D eigenvalue weighted by molar-refractivity contribution is -0.140. The van der Waals surface area contributed by atoms with Gasteiger partial charge in [0.1, 0.15) is 6.04 Å². The Morgan fingerprint density at radius 1 is 1.29 bits per heavy atom. The molecule has 1 unspecified atom stereocenters. The van der Waals surface area contributed by atoms with Gasteiger partial charge in [-0.05, 0) is 18.6 Å². The van der Waals surface area contributed by atoms with E-state index in [1.807, 2.05) is 6.92 Å². The maximum Gasteiger partial charge on any atom is 0.320 e. The summed E-state index contributed by atoms with van der Waals surface area (Å²) >= 11 is 5.95. The van der Waals surface area contributed by atoms with E-state index in [1.165, 1.54) is 11.9 Å². The number of likely N-dealkylation sites (N-methyl/N-ethyl adjacent to an activating group) is 1. The molecule has 0 aromatic heterocycles. The van der Waals surface area contributed by atoms with Crippen LogP contribution in [0.5, 0.6) is 0 Å². The fraction of sp³-hybridized carbons (Fsp3) is 0.438. The number of carboxylic acid groups (broad SMARTS) is 1. The number of aliphatic carboxylic acids is 1. The Kier molecular flexibility index (Phi) is 8.21. The molecule has 3 N–H and O–H groups in total. The topological polar surface area (TPSA) is 98.7 Å². The van der Waals surface area contributed by atoms with E-state index >= 15 is 0 Å². The molecular formula is C16H22ClN3O4. The molecule has 1 rings (SSSR count). The molecule has 0 aliphatic heterocycles. The van der Waals surface area contributed by atoms with Crippen LogP contribution in [0.15, 0.2) is 24.3 Å². The van der Waals surface area contributed by atoms with Gasteiger partial charge >= 0.3 is 5.97 Å². The van der Waals surface area contributed by atoms with E-state index in [4.69, 9.17) is 16.7 Å². The van der Waals surface area contributed by atoms with Gasteiger partial charge in [-0.2, -0.15) is 0 Å². The maximum absolute atomic E-state index is 12.0. The molecule has 1 aromatic rings. The van der Waals surface area contributed by atoms with Crippen LogP contribution in [-0.2, 0) is 14.4 Å². The lowest BCUT2D eigenvalue weighted by Gasteiger charge is -2.19. The number of carboxylic acids is 1. The zero-order chi connectivity index (χ0) is 18.1. The fourth-order valence-electron chi connectivity index (χ4n) is 2.00. The van der Waals surface area contributed by atoms with Crippen LogP contribution in [0.1, 0.15) is 19.8 Å². The lowest BCUT2D eigenvalue weighted by atomic mass is 10.1. The summed E-state index contributed by atoms with van der Waals surface area (Å²) in [6.45, 7) is 1.56. The quantitative estimate of drug-likeness (QED) is 0.624. The van der Waals surface area contributed by atoms with Crippen molar-refractivity contribution in [1.29, 1.82) is 0 Å². The van der Waals surface area contributed by atoms with Crippen LogP contribution in [-0.4, -0.2) is 54.0 Å². The molecular weight excluding hydrogens is 334 g/mol. The Labute approximate surface area is 146 Å². The average Bonchev–Trinajstić information content (AvgIpc) is 2.52. The van der Waals surface area contributed by atoms with Crippen molar-refractivity contribution < 1.29 is 19.5 Å². The highest BCUT2D eigenvalue weighted by Crippen LogP contribution is 2.20. The predicted molar refractivity (Wildman–Crippen MR) is 92.1 cm³/mol. The van der Waals surface area contributed by atoms with Gasteiger partial charge in [-0.15, -0.1) is 0 Å². The second-order valence-corrected chi connectivity index (χ2v) is 5.75. The van der Waals surface area contributed by atoms with Crippen LogP contribution >= 0.6 is 11.6 Å². The van der Waals surface area contributed by atoms with E-state index in [9.17, 15) is 14.4 Å². The minimum Gasteiger partial charge on any atom is -0.480 e. The molecule has 0 radical (unpaired) electrons. The first-order valence-electron chi connectivity index (χ1n) is 7.59. The Morgan fingerprint density at radius 2 is 1.96 bits per heavy atom. The van der Waals surface area contributed by atoms with Gasteiger partial charge in [0.05, 0.1) is 23.8 Å². The maximum atomic E-state index is 12.0. The van der Waals surface area contributed by atoms with E-state index in [2.05, 4.69) is 10.6 Å². The van der Waals surface area contributed by atoms with Crippen molar-refractivity contribution in [2.24, 2.45) is 0 Å². The number of carbonyl (C=O) groups is 3. The van der Waals surface area contributed by atoms with Crippen molar-refractivity contribution in [2.45, 2.75) is 25.8 Å². The number of carbonyl (C=O) groups excluding carboxylic acids is 2.